The number of H-pyrrole nitrogens is 1. The van der Waals surface area contributed by atoms with Crippen molar-refractivity contribution in [3.63, 3.8) is 0 Å². The first-order valence-electron chi connectivity index (χ1n) is 3.71. The van der Waals surface area contributed by atoms with Gasteiger partial charge < -0.3 is 15.8 Å². The van der Waals surface area contributed by atoms with E-state index in [1.165, 1.54) is 4.98 Å². The largest absolute Gasteiger partial charge is 0.435 e. The summed E-state index contributed by atoms with van der Waals surface area (Å²) in [7, 11) is 0. The molecule has 0 aliphatic carbocycles. The van der Waals surface area contributed by atoms with E-state index in [-0.39, 0.29) is 0 Å². The molecule has 0 radical (unpaired) electrons. The van der Waals surface area contributed by atoms with E-state index < -0.39 is 35.8 Å². The Morgan fingerprint density at radius 2 is 1.69 bits per heavy atom. The van der Waals surface area contributed by atoms with Crippen LogP contribution < -0.4 is 5.73 Å². The van der Waals surface area contributed by atoms with E-state index in [4.69, 9.17) is 10.8 Å². The number of nitrogens with one attached hydrogen (secondary N) is 1. The molecule has 4 N–H and O–H groups in total. The van der Waals surface area contributed by atoms with Gasteiger partial charge in [-0.25, -0.2) is 4.98 Å². The molecule has 0 saturated carbocycles. The number of alkyl halides is 6. The van der Waals surface area contributed by atoms with Crippen LogP contribution in [0.15, 0.2) is 0 Å². The number of anilines is 1. The van der Waals surface area contributed by atoms with E-state index in [2.05, 4.69) is 4.98 Å². The Labute approximate surface area is 84.1 Å². The molecule has 0 bridgehead atoms. The Morgan fingerprint density at radius 3 is 2.06 bits per heavy atom. The number of halogens is 6. The molecule has 0 saturated heterocycles. The molecule has 0 aliphatic rings. The molecule has 1 heterocycles. The Hall–Kier alpha value is -1.45. The van der Waals surface area contributed by atoms with Crippen molar-refractivity contribution >= 4 is 5.95 Å². The molecule has 0 fully saturated rings. The average molecular weight is 249 g/mol. The lowest BCUT2D eigenvalue weighted by Crippen LogP contribution is -2.23. The number of nitrogens with two attached hydrogens (primary N) is 1. The molecule has 4 nitrogen and oxygen atoms in total. The Bertz CT molecular complexity index is 381. The fourth-order valence-corrected chi connectivity index (χ4v) is 0.983. The quantitative estimate of drug-likeness (QED) is 0.662. The summed E-state index contributed by atoms with van der Waals surface area (Å²) in [5.41, 5.74) is 1.42. The third-order valence-electron chi connectivity index (χ3n) is 1.60. The van der Waals surface area contributed by atoms with Gasteiger partial charge >= 0.3 is 12.4 Å². The second-order valence-corrected chi connectivity index (χ2v) is 2.83. The van der Waals surface area contributed by atoms with E-state index in [1.54, 1.807) is 0 Å². The van der Waals surface area contributed by atoms with Crippen molar-refractivity contribution in [3.8, 4) is 0 Å². The summed E-state index contributed by atoms with van der Waals surface area (Å²) in [5, 5.41) is 8.66. The first-order chi connectivity index (χ1) is 7.03. The number of aliphatic hydroxyl groups is 1. The molecule has 0 unspecified atom stereocenters. The van der Waals surface area contributed by atoms with Crippen molar-refractivity contribution in [1.82, 2.24) is 9.97 Å². The molecule has 0 spiro atoms. The van der Waals surface area contributed by atoms with Gasteiger partial charge in [-0.2, -0.15) is 26.3 Å². The highest BCUT2D eigenvalue weighted by Crippen LogP contribution is 2.39. The second kappa shape index (κ2) is 3.54. The predicted octanol–water partition coefficient (Wildman–Crippen LogP) is 1.61. The zero-order chi connectivity index (χ0) is 12.7. The van der Waals surface area contributed by atoms with Gasteiger partial charge in [0.25, 0.3) is 0 Å². The number of aromatic nitrogens is 2. The lowest BCUT2D eigenvalue weighted by atomic mass is 10.2. The highest BCUT2D eigenvalue weighted by molar-refractivity contribution is 5.30. The van der Waals surface area contributed by atoms with Gasteiger partial charge in [0.1, 0.15) is 0 Å². The van der Waals surface area contributed by atoms with Crippen LogP contribution in [0.25, 0.3) is 0 Å². The van der Waals surface area contributed by atoms with Gasteiger partial charge in [-0.1, -0.05) is 0 Å². The van der Waals surface area contributed by atoms with Crippen LogP contribution >= 0.6 is 0 Å². The van der Waals surface area contributed by atoms with E-state index >= 15 is 0 Å². The molecule has 16 heavy (non-hydrogen) atoms. The Balaban J connectivity index is 3.24. The van der Waals surface area contributed by atoms with E-state index in [0.717, 1.165) is 0 Å². The lowest BCUT2D eigenvalue weighted by Gasteiger charge is -2.15. The van der Waals surface area contributed by atoms with Gasteiger partial charge in [-0.3, -0.25) is 0 Å². The number of imidazole rings is 1. The van der Waals surface area contributed by atoms with Crippen LogP contribution in [0.4, 0.5) is 32.3 Å². The fourth-order valence-electron chi connectivity index (χ4n) is 0.983. The molecule has 0 aliphatic heterocycles. The van der Waals surface area contributed by atoms with Gasteiger partial charge in [0.05, 0.1) is 5.69 Å². The number of rotatable bonds is 1. The topological polar surface area (TPSA) is 74.9 Å². The molecule has 0 aromatic carbocycles. The van der Waals surface area contributed by atoms with Gasteiger partial charge in [-0.15, -0.1) is 0 Å². The maximum Gasteiger partial charge on any atom is 0.435 e. The van der Waals surface area contributed by atoms with Crippen LogP contribution in [0.1, 0.15) is 17.5 Å². The predicted molar refractivity (Wildman–Crippen MR) is 39.0 cm³/mol. The summed E-state index contributed by atoms with van der Waals surface area (Å²) in [6.45, 7) is 0. The van der Waals surface area contributed by atoms with Crippen LogP contribution in [0.2, 0.25) is 0 Å². The van der Waals surface area contributed by atoms with Crippen molar-refractivity contribution in [1.29, 1.82) is 0 Å². The summed E-state index contributed by atoms with van der Waals surface area (Å²) in [5.74, 6) is -0.856. The van der Waals surface area contributed by atoms with Crippen molar-refractivity contribution in [2.24, 2.45) is 0 Å². The summed E-state index contributed by atoms with van der Waals surface area (Å²) in [4.78, 5) is 4.19. The highest BCUT2D eigenvalue weighted by atomic mass is 19.4. The molecular formula is C6H5F6N3O. The van der Waals surface area contributed by atoms with E-state index in [0.29, 0.717) is 0 Å². The number of aliphatic hydroxyl groups excluding tert-OH is 1. The zero-order valence-corrected chi connectivity index (χ0v) is 7.32. The lowest BCUT2D eigenvalue weighted by molar-refractivity contribution is -0.210. The smallest absolute Gasteiger partial charge is 0.378 e. The van der Waals surface area contributed by atoms with Gasteiger partial charge in [0.15, 0.2) is 17.7 Å². The number of nitrogen functional groups attached to an aromatic ring is 1. The second-order valence-electron chi connectivity index (χ2n) is 2.83. The van der Waals surface area contributed by atoms with Gasteiger partial charge in [0.2, 0.25) is 0 Å². The normalized spacial score (nSPS) is 15.2. The first-order valence-corrected chi connectivity index (χ1v) is 3.71. The van der Waals surface area contributed by atoms with Crippen LogP contribution in [0, 0.1) is 0 Å². The molecule has 1 atom stereocenters. The summed E-state index contributed by atoms with van der Waals surface area (Å²) in [6, 6.07) is 0. The van der Waals surface area contributed by atoms with Crippen LogP contribution in [0.5, 0.6) is 0 Å². The van der Waals surface area contributed by atoms with Crippen molar-refractivity contribution in [2.75, 3.05) is 5.73 Å². The molecule has 1 rings (SSSR count). The average Bonchev–Trinajstić information content (AvgIpc) is 2.43. The number of hydrogen-bond donors (Lipinski definition) is 3. The fraction of sp³-hybridized carbons (Fsp3) is 0.500. The molecule has 10 heteroatoms. The van der Waals surface area contributed by atoms with Crippen molar-refractivity contribution < 1.29 is 31.4 Å². The maximum atomic E-state index is 12.2. The van der Waals surface area contributed by atoms with Crippen LogP contribution in [-0.4, -0.2) is 21.3 Å². The van der Waals surface area contributed by atoms with Crippen LogP contribution in [0.3, 0.4) is 0 Å². The van der Waals surface area contributed by atoms with Crippen molar-refractivity contribution in [2.45, 2.75) is 18.5 Å². The minimum absolute atomic E-state index is 0.856. The van der Waals surface area contributed by atoms with E-state index in [9.17, 15) is 26.3 Å². The molecule has 1 aromatic rings. The molecule has 0 amide bonds. The van der Waals surface area contributed by atoms with E-state index in [1.807, 2.05) is 0 Å². The monoisotopic (exact) mass is 249 g/mol. The van der Waals surface area contributed by atoms with Crippen molar-refractivity contribution in [3.05, 3.63) is 11.4 Å². The highest BCUT2D eigenvalue weighted by Gasteiger charge is 2.47. The minimum atomic E-state index is -5.24. The summed E-state index contributed by atoms with van der Waals surface area (Å²) in [6.07, 6.45) is -13.7. The first kappa shape index (κ1) is 12.6. The molecule has 1 aromatic heterocycles. The number of aromatic amines is 1. The van der Waals surface area contributed by atoms with Gasteiger partial charge in [-0.05, 0) is 0 Å². The van der Waals surface area contributed by atoms with Crippen LogP contribution in [-0.2, 0) is 6.18 Å². The minimum Gasteiger partial charge on any atom is -0.378 e. The third-order valence-corrected chi connectivity index (χ3v) is 1.60. The summed E-state index contributed by atoms with van der Waals surface area (Å²) >= 11 is 0. The SMILES string of the molecule is Nc1nc(C(F)(F)F)c([C@@H](O)C(F)(F)F)[nH]1. The number of hydrogen-bond acceptors (Lipinski definition) is 3. The van der Waals surface area contributed by atoms with Gasteiger partial charge in [0, 0.05) is 0 Å². The standard InChI is InChI=1S/C6H5F6N3O/c7-5(8,9)2-1(14-4(13)15-2)3(16)6(10,11)12/h3,16H,(H3,13,14,15)/t3-/m1/s1. The summed E-state index contributed by atoms with van der Waals surface area (Å²) < 4.78 is 72.6. The molecular weight excluding hydrogens is 244 g/mol. The Kier molecular flexibility index (Phi) is 2.79. The number of nitrogens with zero attached hydrogens (tertiary/aromatic N) is 1. The third kappa shape index (κ3) is 2.38. The molecule has 92 valence electrons. The zero-order valence-electron chi connectivity index (χ0n) is 7.32. The Morgan fingerprint density at radius 1 is 1.19 bits per heavy atom. The maximum absolute atomic E-state index is 12.2.